The molecule has 0 unspecified atom stereocenters. The third-order valence-electron chi connectivity index (χ3n) is 3.64. The summed E-state index contributed by atoms with van der Waals surface area (Å²) in [5.41, 5.74) is 3.55. The van der Waals surface area contributed by atoms with Crippen molar-refractivity contribution < 1.29 is 19.1 Å². The minimum absolute atomic E-state index is 0.160. The van der Waals surface area contributed by atoms with Crippen LogP contribution in [0, 0.1) is 0 Å². The monoisotopic (exact) mass is 316 g/mol. The number of carbonyl (C=O) groups is 2. The van der Waals surface area contributed by atoms with E-state index < -0.39 is 5.97 Å². The number of hydrogen-bond donors (Lipinski definition) is 0. The lowest BCUT2D eigenvalue weighted by Crippen LogP contribution is -2.10. The highest BCUT2D eigenvalue weighted by Gasteiger charge is 2.22. The van der Waals surface area contributed by atoms with Gasteiger partial charge >= 0.3 is 5.97 Å². The Kier molecular flexibility index (Phi) is 3.98. The number of fused-ring (bicyclic) bond motifs is 3. The lowest BCUT2D eigenvalue weighted by molar-refractivity contribution is -0.120. The summed E-state index contributed by atoms with van der Waals surface area (Å²) in [6.07, 6.45) is 1.82. The van der Waals surface area contributed by atoms with Crippen molar-refractivity contribution in [2.75, 3.05) is 13.7 Å². The maximum Gasteiger partial charge on any atom is 0.348 e. The van der Waals surface area contributed by atoms with E-state index in [9.17, 15) is 9.59 Å². The number of ketones is 1. The molecule has 0 fully saturated rings. The standard InChI is InChI=1S/C17H16O4S/c1-10(18)9-21-17(19)15-8-12-4-3-11-7-13(20-2)5-6-14(11)16(12)22-15/h5-8H,3-4,9H2,1-2H3. The van der Waals surface area contributed by atoms with Crippen LogP contribution < -0.4 is 4.74 Å². The molecular formula is C17H16O4S. The van der Waals surface area contributed by atoms with Gasteiger partial charge in [-0.3, -0.25) is 4.79 Å². The lowest BCUT2D eigenvalue weighted by atomic mass is 9.91. The molecule has 0 amide bonds. The Labute approximate surface area is 132 Å². The van der Waals surface area contributed by atoms with E-state index >= 15 is 0 Å². The van der Waals surface area contributed by atoms with Crippen molar-refractivity contribution in [2.24, 2.45) is 0 Å². The summed E-state index contributed by atoms with van der Waals surface area (Å²) in [7, 11) is 1.66. The second kappa shape index (κ2) is 5.93. The average Bonchev–Trinajstić information content (AvgIpc) is 2.96. The van der Waals surface area contributed by atoms with Gasteiger partial charge in [0.05, 0.1) is 7.11 Å². The van der Waals surface area contributed by atoms with Crippen LogP contribution in [0.2, 0.25) is 0 Å². The molecule has 4 nitrogen and oxygen atoms in total. The van der Waals surface area contributed by atoms with Crippen molar-refractivity contribution in [1.82, 2.24) is 0 Å². The quantitative estimate of drug-likeness (QED) is 0.812. The van der Waals surface area contributed by atoms with E-state index in [1.165, 1.54) is 23.8 Å². The zero-order chi connectivity index (χ0) is 15.7. The molecule has 1 aliphatic rings. The Morgan fingerprint density at radius 1 is 1.18 bits per heavy atom. The summed E-state index contributed by atoms with van der Waals surface area (Å²) >= 11 is 1.42. The fourth-order valence-corrected chi connectivity index (χ4v) is 3.74. The van der Waals surface area contributed by atoms with Crippen molar-refractivity contribution in [2.45, 2.75) is 19.8 Å². The molecule has 1 aliphatic carbocycles. The maximum absolute atomic E-state index is 12.0. The van der Waals surface area contributed by atoms with E-state index in [1.807, 2.05) is 24.3 Å². The number of esters is 1. The van der Waals surface area contributed by atoms with Crippen LogP contribution >= 0.6 is 11.3 Å². The number of benzene rings is 1. The van der Waals surface area contributed by atoms with Crippen LogP contribution in [0.15, 0.2) is 24.3 Å². The van der Waals surface area contributed by atoms with Gasteiger partial charge in [-0.2, -0.15) is 0 Å². The van der Waals surface area contributed by atoms with Gasteiger partial charge in [0, 0.05) is 4.88 Å². The van der Waals surface area contributed by atoms with Crippen LogP contribution in [0.1, 0.15) is 27.7 Å². The van der Waals surface area contributed by atoms with E-state index in [0.717, 1.165) is 34.6 Å². The van der Waals surface area contributed by atoms with Crippen LogP contribution in [0.5, 0.6) is 5.75 Å². The second-order valence-corrected chi connectivity index (χ2v) is 6.32. The van der Waals surface area contributed by atoms with Gasteiger partial charge in [0.1, 0.15) is 17.2 Å². The lowest BCUT2D eigenvalue weighted by Gasteiger charge is -2.16. The molecule has 0 saturated carbocycles. The Balaban J connectivity index is 1.90. The van der Waals surface area contributed by atoms with Gasteiger partial charge in [0.2, 0.25) is 0 Å². The number of hydrogen-bond acceptors (Lipinski definition) is 5. The van der Waals surface area contributed by atoms with Crippen molar-refractivity contribution >= 4 is 23.1 Å². The van der Waals surface area contributed by atoms with E-state index in [1.54, 1.807) is 7.11 Å². The molecule has 3 rings (SSSR count). The van der Waals surface area contributed by atoms with Crippen LogP contribution in [-0.4, -0.2) is 25.5 Å². The van der Waals surface area contributed by atoms with Gasteiger partial charge < -0.3 is 9.47 Å². The van der Waals surface area contributed by atoms with E-state index in [0.29, 0.717) is 4.88 Å². The van der Waals surface area contributed by atoms with E-state index in [-0.39, 0.29) is 12.4 Å². The highest BCUT2D eigenvalue weighted by molar-refractivity contribution is 7.17. The molecule has 0 radical (unpaired) electrons. The van der Waals surface area contributed by atoms with E-state index in [4.69, 9.17) is 9.47 Å². The first-order chi connectivity index (χ1) is 10.6. The highest BCUT2D eigenvalue weighted by atomic mass is 32.1. The Morgan fingerprint density at radius 3 is 2.68 bits per heavy atom. The van der Waals surface area contributed by atoms with Gasteiger partial charge in [-0.15, -0.1) is 11.3 Å². The number of thiophene rings is 1. The molecule has 2 aromatic rings. The first kappa shape index (κ1) is 14.8. The van der Waals surface area contributed by atoms with Crippen LogP contribution in [-0.2, 0) is 22.4 Å². The van der Waals surface area contributed by atoms with Crippen LogP contribution in [0.4, 0.5) is 0 Å². The Bertz CT molecular complexity index is 745. The van der Waals surface area contributed by atoms with Crippen LogP contribution in [0.3, 0.4) is 0 Å². The summed E-state index contributed by atoms with van der Waals surface area (Å²) in [5, 5.41) is 0. The molecule has 5 heteroatoms. The average molecular weight is 316 g/mol. The fourth-order valence-electron chi connectivity index (χ4n) is 2.58. The SMILES string of the molecule is COc1ccc2c(c1)CCc1cc(C(=O)OCC(C)=O)sc1-2. The third-order valence-corrected chi connectivity index (χ3v) is 4.83. The van der Waals surface area contributed by atoms with Crippen LogP contribution in [0.25, 0.3) is 10.4 Å². The topological polar surface area (TPSA) is 52.6 Å². The molecule has 0 bridgehead atoms. The molecule has 0 aliphatic heterocycles. The van der Waals surface area contributed by atoms with Gasteiger partial charge in [-0.25, -0.2) is 4.79 Å². The van der Waals surface area contributed by atoms with Crippen molar-refractivity contribution in [3.63, 3.8) is 0 Å². The van der Waals surface area contributed by atoms with Gasteiger partial charge in [0.15, 0.2) is 5.78 Å². The largest absolute Gasteiger partial charge is 0.497 e. The number of aryl methyl sites for hydroxylation is 2. The molecule has 22 heavy (non-hydrogen) atoms. The minimum Gasteiger partial charge on any atom is -0.497 e. The zero-order valence-corrected chi connectivity index (χ0v) is 13.3. The zero-order valence-electron chi connectivity index (χ0n) is 12.5. The smallest absolute Gasteiger partial charge is 0.348 e. The number of methoxy groups -OCH3 is 1. The summed E-state index contributed by atoms with van der Waals surface area (Å²) in [5.74, 6) is 0.261. The first-order valence-corrected chi connectivity index (χ1v) is 7.86. The highest BCUT2D eigenvalue weighted by Crippen LogP contribution is 2.40. The molecule has 1 aromatic carbocycles. The Morgan fingerprint density at radius 2 is 1.95 bits per heavy atom. The maximum atomic E-state index is 12.0. The summed E-state index contributed by atoms with van der Waals surface area (Å²) in [6, 6.07) is 7.90. The molecule has 1 heterocycles. The van der Waals surface area contributed by atoms with Gasteiger partial charge in [-0.1, -0.05) is 0 Å². The van der Waals surface area contributed by atoms with Crippen molar-refractivity contribution in [3.8, 4) is 16.2 Å². The summed E-state index contributed by atoms with van der Waals surface area (Å²) in [6.45, 7) is 1.23. The predicted molar refractivity (Wildman–Crippen MR) is 84.7 cm³/mol. The molecule has 1 aromatic heterocycles. The number of rotatable bonds is 4. The molecule has 0 saturated heterocycles. The molecular weight excluding hydrogens is 300 g/mol. The molecule has 114 valence electrons. The Hall–Kier alpha value is -2.14. The number of carbonyl (C=O) groups excluding carboxylic acids is 2. The van der Waals surface area contributed by atoms with Gasteiger partial charge in [0.25, 0.3) is 0 Å². The number of ether oxygens (including phenoxy) is 2. The summed E-state index contributed by atoms with van der Waals surface area (Å²) in [4.78, 5) is 24.6. The van der Waals surface area contributed by atoms with Crippen molar-refractivity contribution in [1.29, 1.82) is 0 Å². The second-order valence-electron chi connectivity index (χ2n) is 5.27. The minimum atomic E-state index is -0.426. The normalized spacial score (nSPS) is 12.3. The van der Waals surface area contributed by atoms with E-state index in [2.05, 4.69) is 0 Å². The third kappa shape index (κ3) is 2.76. The van der Waals surface area contributed by atoms with Crippen molar-refractivity contribution in [3.05, 3.63) is 40.3 Å². The predicted octanol–water partition coefficient (Wildman–Crippen LogP) is 3.27. The molecule has 0 atom stereocenters. The fraction of sp³-hybridized carbons (Fsp3) is 0.294. The summed E-state index contributed by atoms with van der Waals surface area (Å²) < 4.78 is 10.3. The molecule has 0 spiro atoms. The molecule has 0 N–H and O–H groups in total. The van der Waals surface area contributed by atoms with Gasteiger partial charge in [-0.05, 0) is 60.7 Å². The number of Topliss-reactive ketones (excluding diaryl/α,β-unsaturated/α-hetero) is 1. The first-order valence-electron chi connectivity index (χ1n) is 7.05.